The standard InChI is InChI=1S/C11H16O/c1-6(12)10(2)7-4-8-9(5-7)11(8,10)3/h7-9H,4-5H2,1-3H3/t7?,8-,9+,10-,11?/m0/s1. The van der Waals surface area contributed by atoms with Crippen molar-refractivity contribution >= 4 is 5.78 Å². The third-order valence-corrected chi connectivity index (χ3v) is 5.66. The Kier molecular flexibility index (Phi) is 0.897. The molecular formula is C11H16O. The predicted molar refractivity (Wildman–Crippen MR) is 46.6 cm³/mol. The third-order valence-electron chi connectivity index (χ3n) is 5.66. The molecule has 0 radical (unpaired) electrons. The van der Waals surface area contributed by atoms with Gasteiger partial charge in [-0.3, -0.25) is 4.79 Å². The first-order valence-electron chi connectivity index (χ1n) is 5.04. The van der Waals surface area contributed by atoms with E-state index in [1.54, 1.807) is 6.92 Å². The highest BCUT2D eigenvalue weighted by Crippen LogP contribution is 2.86. The number of carbonyl (C=O) groups excluding carboxylic acids is 1. The first kappa shape index (κ1) is 7.11. The van der Waals surface area contributed by atoms with Crippen molar-refractivity contribution in [3.8, 4) is 0 Å². The van der Waals surface area contributed by atoms with E-state index in [1.165, 1.54) is 12.8 Å². The normalized spacial score (nSPS) is 65.4. The van der Waals surface area contributed by atoms with Crippen molar-refractivity contribution < 1.29 is 4.79 Å². The Hall–Kier alpha value is -0.330. The van der Waals surface area contributed by atoms with Crippen molar-refractivity contribution in [1.82, 2.24) is 0 Å². The molecule has 4 fully saturated rings. The lowest BCUT2D eigenvalue weighted by Gasteiger charge is -2.30. The van der Waals surface area contributed by atoms with Gasteiger partial charge >= 0.3 is 0 Å². The third kappa shape index (κ3) is 0.399. The lowest BCUT2D eigenvalue weighted by atomic mass is 9.71. The Bertz CT molecular complexity index is 269. The molecule has 0 aromatic rings. The quantitative estimate of drug-likeness (QED) is 0.581. The fraction of sp³-hybridized carbons (Fsp3) is 0.909. The highest BCUT2D eigenvalue weighted by molar-refractivity contribution is 5.85. The average molecular weight is 164 g/mol. The van der Waals surface area contributed by atoms with E-state index < -0.39 is 0 Å². The lowest BCUT2D eigenvalue weighted by Crippen LogP contribution is -2.34. The average Bonchev–Trinajstić information content (AvgIpc) is 2.37. The molecule has 4 bridgehead atoms. The minimum atomic E-state index is 0.0579. The smallest absolute Gasteiger partial charge is 0.136 e. The molecular weight excluding hydrogens is 148 g/mol. The van der Waals surface area contributed by atoms with Gasteiger partial charge in [0.05, 0.1) is 0 Å². The van der Waals surface area contributed by atoms with Crippen LogP contribution in [0.2, 0.25) is 0 Å². The zero-order chi connectivity index (χ0) is 8.72. The molecule has 0 amide bonds. The maximum absolute atomic E-state index is 11.6. The van der Waals surface area contributed by atoms with Crippen LogP contribution >= 0.6 is 0 Å². The van der Waals surface area contributed by atoms with Crippen LogP contribution in [0.1, 0.15) is 33.6 Å². The molecule has 1 heteroatoms. The maximum atomic E-state index is 11.6. The summed E-state index contributed by atoms with van der Waals surface area (Å²) in [5, 5.41) is 0. The summed E-state index contributed by atoms with van der Waals surface area (Å²) in [5.74, 6) is 3.00. The van der Waals surface area contributed by atoms with Crippen molar-refractivity contribution in [3.05, 3.63) is 0 Å². The Balaban J connectivity index is 2.14. The SMILES string of the molecule is CC(=O)[C@@]1(C)C2C[C@@H]3[C@H](C2)C31C. The fourth-order valence-electron chi connectivity index (χ4n) is 4.57. The number of carbonyl (C=O) groups is 1. The molecule has 0 heterocycles. The molecule has 0 aliphatic heterocycles. The highest BCUT2D eigenvalue weighted by Gasteiger charge is 2.82. The summed E-state index contributed by atoms with van der Waals surface area (Å²) in [6.45, 7) is 6.35. The molecule has 12 heavy (non-hydrogen) atoms. The number of Topliss-reactive ketones (excluding diaryl/α,β-unsaturated/α-hetero) is 1. The maximum Gasteiger partial charge on any atom is 0.136 e. The first-order chi connectivity index (χ1) is 5.53. The summed E-state index contributed by atoms with van der Waals surface area (Å²) >= 11 is 0. The van der Waals surface area contributed by atoms with Gasteiger partial charge in [0.15, 0.2) is 0 Å². The van der Waals surface area contributed by atoms with E-state index in [-0.39, 0.29) is 5.41 Å². The van der Waals surface area contributed by atoms with Crippen molar-refractivity contribution in [2.75, 3.05) is 0 Å². The van der Waals surface area contributed by atoms with Gasteiger partial charge in [0.2, 0.25) is 0 Å². The van der Waals surface area contributed by atoms with E-state index >= 15 is 0 Å². The van der Waals surface area contributed by atoms with Gasteiger partial charge in [-0.25, -0.2) is 0 Å². The van der Waals surface area contributed by atoms with Gasteiger partial charge in [-0.15, -0.1) is 0 Å². The van der Waals surface area contributed by atoms with Gasteiger partial charge in [0.25, 0.3) is 0 Å². The van der Waals surface area contributed by atoms with Gasteiger partial charge in [-0.2, -0.15) is 0 Å². The van der Waals surface area contributed by atoms with Gasteiger partial charge in [0, 0.05) is 5.41 Å². The zero-order valence-corrected chi connectivity index (χ0v) is 8.05. The van der Waals surface area contributed by atoms with Gasteiger partial charge in [0.1, 0.15) is 5.78 Å². The van der Waals surface area contributed by atoms with Crippen LogP contribution < -0.4 is 0 Å². The molecule has 1 nitrogen and oxygen atoms in total. The molecule has 4 aliphatic carbocycles. The molecule has 0 saturated heterocycles. The second-order valence-electron chi connectivity index (χ2n) is 5.42. The molecule has 66 valence electrons. The summed E-state index contributed by atoms with van der Waals surface area (Å²) in [6.07, 6.45) is 2.69. The molecule has 5 atom stereocenters. The molecule has 0 N–H and O–H groups in total. The van der Waals surface area contributed by atoms with E-state index in [4.69, 9.17) is 0 Å². The van der Waals surface area contributed by atoms with Gasteiger partial charge in [-0.1, -0.05) is 13.8 Å². The zero-order valence-electron chi connectivity index (χ0n) is 8.05. The van der Waals surface area contributed by atoms with Gasteiger partial charge in [-0.05, 0) is 42.9 Å². The Morgan fingerprint density at radius 1 is 1.25 bits per heavy atom. The minimum absolute atomic E-state index is 0.0579. The molecule has 4 aliphatic rings. The van der Waals surface area contributed by atoms with Crippen molar-refractivity contribution in [2.45, 2.75) is 33.6 Å². The second-order valence-corrected chi connectivity index (χ2v) is 5.42. The molecule has 0 aromatic carbocycles. The summed E-state index contributed by atoms with van der Waals surface area (Å²) < 4.78 is 0. The minimum Gasteiger partial charge on any atom is -0.299 e. The van der Waals surface area contributed by atoms with Crippen LogP contribution in [0.25, 0.3) is 0 Å². The van der Waals surface area contributed by atoms with Crippen LogP contribution in [0.3, 0.4) is 0 Å². The monoisotopic (exact) mass is 164 g/mol. The summed E-state index contributed by atoms with van der Waals surface area (Å²) in [4.78, 5) is 11.6. The molecule has 2 unspecified atom stereocenters. The Morgan fingerprint density at radius 2 is 1.75 bits per heavy atom. The van der Waals surface area contributed by atoms with Crippen LogP contribution in [-0.2, 0) is 4.79 Å². The Labute approximate surface area is 73.5 Å². The first-order valence-corrected chi connectivity index (χ1v) is 5.04. The van der Waals surface area contributed by atoms with Crippen molar-refractivity contribution in [2.24, 2.45) is 28.6 Å². The van der Waals surface area contributed by atoms with Crippen molar-refractivity contribution in [3.63, 3.8) is 0 Å². The van der Waals surface area contributed by atoms with E-state index in [0.29, 0.717) is 11.2 Å². The summed E-state index contributed by atoms with van der Waals surface area (Å²) in [6, 6.07) is 0. The Morgan fingerprint density at radius 3 is 1.92 bits per heavy atom. The highest BCUT2D eigenvalue weighted by atomic mass is 16.1. The van der Waals surface area contributed by atoms with E-state index in [0.717, 1.165) is 17.8 Å². The number of hydrogen-bond donors (Lipinski definition) is 0. The number of rotatable bonds is 1. The van der Waals surface area contributed by atoms with E-state index in [9.17, 15) is 4.79 Å². The van der Waals surface area contributed by atoms with E-state index in [2.05, 4.69) is 13.8 Å². The summed E-state index contributed by atoms with van der Waals surface area (Å²) in [7, 11) is 0. The number of hydrogen-bond acceptors (Lipinski definition) is 1. The van der Waals surface area contributed by atoms with Crippen LogP contribution in [0.15, 0.2) is 0 Å². The number of ketones is 1. The summed E-state index contributed by atoms with van der Waals surface area (Å²) in [5.41, 5.74) is 0.478. The van der Waals surface area contributed by atoms with Crippen LogP contribution in [0.5, 0.6) is 0 Å². The topological polar surface area (TPSA) is 17.1 Å². The molecule has 4 saturated carbocycles. The van der Waals surface area contributed by atoms with Crippen LogP contribution in [-0.4, -0.2) is 5.78 Å². The fourth-order valence-corrected chi connectivity index (χ4v) is 4.57. The molecule has 4 rings (SSSR count). The predicted octanol–water partition coefficient (Wildman–Crippen LogP) is 2.26. The molecule has 0 aromatic heterocycles. The second kappa shape index (κ2) is 1.51. The van der Waals surface area contributed by atoms with Crippen molar-refractivity contribution in [1.29, 1.82) is 0 Å². The van der Waals surface area contributed by atoms with Crippen LogP contribution in [0.4, 0.5) is 0 Å². The van der Waals surface area contributed by atoms with E-state index in [1.807, 2.05) is 0 Å². The lowest BCUT2D eigenvalue weighted by molar-refractivity contribution is -0.129. The van der Waals surface area contributed by atoms with Crippen LogP contribution in [0, 0.1) is 28.6 Å². The largest absolute Gasteiger partial charge is 0.299 e. The molecule has 0 spiro atoms. The van der Waals surface area contributed by atoms with Gasteiger partial charge < -0.3 is 0 Å².